The van der Waals surface area contributed by atoms with Gasteiger partial charge in [-0.3, -0.25) is 9.79 Å². The minimum absolute atomic E-state index is 0.176. The second-order valence-corrected chi connectivity index (χ2v) is 5.75. The predicted octanol–water partition coefficient (Wildman–Crippen LogP) is 2.06. The highest BCUT2D eigenvalue weighted by Crippen LogP contribution is 2.13. The van der Waals surface area contributed by atoms with Gasteiger partial charge in [0.05, 0.1) is 6.54 Å². The molecule has 0 spiro atoms. The van der Waals surface area contributed by atoms with E-state index in [2.05, 4.69) is 15.6 Å². The number of aliphatic imine (C=N–C) groups is 1. The van der Waals surface area contributed by atoms with Gasteiger partial charge in [0, 0.05) is 25.2 Å². The topological polar surface area (TPSA) is 88.7 Å². The molecule has 0 fully saturated rings. The molecule has 0 bridgehead atoms. The van der Waals surface area contributed by atoms with E-state index in [4.69, 9.17) is 10.5 Å². The first-order valence-electron chi connectivity index (χ1n) is 8.23. The molecule has 138 valence electrons. The lowest BCUT2D eigenvalue weighted by Gasteiger charge is -2.18. The van der Waals surface area contributed by atoms with Crippen molar-refractivity contribution in [2.24, 2.45) is 10.7 Å². The van der Waals surface area contributed by atoms with E-state index in [1.807, 2.05) is 19.1 Å². The molecule has 4 N–H and O–H groups in total. The van der Waals surface area contributed by atoms with Crippen LogP contribution in [0.25, 0.3) is 0 Å². The number of primary amides is 1. The third-order valence-corrected chi connectivity index (χ3v) is 3.61. The van der Waals surface area contributed by atoms with Crippen molar-refractivity contribution in [3.8, 4) is 5.75 Å². The summed E-state index contributed by atoms with van der Waals surface area (Å²) in [6.45, 7) is 2.92. The summed E-state index contributed by atoms with van der Waals surface area (Å²) in [6, 6.07) is 13.1. The molecule has 0 aliphatic rings. The van der Waals surface area contributed by atoms with E-state index in [1.165, 1.54) is 12.1 Å². The highest BCUT2D eigenvalue weighted by atomic mass is 19.1. The summed E-state index contributed by atoms with van der Waals surface area (Å²) >= 11 is 0. The molecule has 0 radical (unpaired) electrons. The summed E-state index contributed by atoms with van der Waals surface area (Å²) in [7, 11) is 1.67. The van der Waals surface area contributed by atoms with E-state index in [1.54, 1.807) is 31.3 Å². The van der Waals surface area contributed by atoms with Gasteiger partial charge < -0.3 is 21.1 Å². The number of halogens is 1. The van der Waals surface area contributed by atoms with Crippen LogP contribution in [0.5, 0.6) is 5.75 Å². The first kappa shape index (κ1) is 19.2. The molecular formula is C19H23FN4O2. The van der Waals surface area contributed by atoms with Gasteiger partial charge >= 0.3 is 0 Å². The molecule has 0 aliphatic carbocycles. The molecule has 0 aromatic heterocycles. The number of nitrogens with two attached hydrogens (primary N) is 1. The summed E-state index contributed by atoms with van der Waals surface area (Å²) < 4.78 is 18.8. The molecule has 2 aromatic rings. The number of benzene rings is 2. The van der Waals surface area contributed by atoms with E-state index < -0.39 is 5.91 Å². The number of hydrogen-bond donors (Lipinski definition) is 3. The highest BCUT2D eigenvalue weighted by Gasteiger charge is 2.07. The summed E-state index contributed by atoms with van der Waals surface area (Å²) in [5.41, 5.74) is 6.68. The van der Waals surface area contributed by atoms with Crippen LogP contribution in [0.3, 0.4) is 0 Å². The van der Waals surface area contributed by atoms with Crippen molar-refractivity contribution in [2.45, 2.75) is 19.6 Å². The minimum Gasteiger partial charge on any atom is -0.489 e. The third-order valence-electron chi connectivity index (χ3n) is 3.61. The van der Waals surface area contributed by atoms with Gasteiger partial charge in [0.25, 0.3) is 0 Å². The maximum atomic E-state index is 13.2. The van der Waals surface area contributed by atoms with Crippen LogP contribution in [-0.4, -0.2) is 31.6 Å². The number of nitrogens with one attached hydrogen (secondary N) is 2. The average Bonchev–Trinajstić information content (AvgIpc) is 2.62. The van der Waals surface area contributed by atoms with Crippen molar-refractivity contribution in [2.75, 3.05) is 13.6 Å². The molecule has 0 saturated carbocycles. The van der Waals surface area contributed by atoms with Crippen molar-refractivity contribution in [1.82, 2.24) is 10.6 Å². The molecule has 7 heteroatoms. The second kappa shape index (κ2) is 9.41. The van der Waals surface area contributed by atoms with Gasteiger partial charge in [-0.2, -0.15) is 0 Å². The zero-order valence-electron chi connectivity index (χ0n) is 14.8. The summed E-state index contributed by atoms with van der Waals surface area (Å²) in [4.78, 5) is 15.2. The first-order chi connectivity index (χ1) is 12.5. The third kappa shape index (κ3) is 6.08. The van der Waals surface area contributed by atoms with Gasteiger partial charge in [-0.15, -0.1) is 0 Å². The molecule has 2 aromatic carbocycles. The molecular weight excluding hydrogens is 335 g/mol. The SMILES string of the molecule is CN=C(NCc1ccc(C(N)=O)cc1)NCC(C)Oc1cccc(F)c1. The van der Waals surface area contributed by atoms with Crippen LogP contribution >= 0.6 is 0 Å². The van der Waals surface area contributed by atoms with Gasteiger partial charge in [-0.25, -0.2) is 4.39 Å². The smallest absolute Gasteiger partial charge is 0.248 e. The second-order valence-electron chi connectivity index (χ2n) is 5.75. The molecule has 1 atom stereocenters. The minimum atomic E-state index is -0.450. The highest BCUT2D eigenvalue weighted by molar-refractivity contribution is 5.92. The molecule has 1 unspecified atom stereocenters. The van der Waals surface area contributed by atoms with Gasteiger partial charge in [0.2, 0.25) is 5.91 Å². The molecule has 26 heavy (non-hydrogen) atoms. The monoisotopic (exact) mass is 358 g/mol. The predicted molar refractivity (Wildman–Crippen MR) is 99.7 cm³/mol. The molecule has 2 rings (SSSR count). The number of carbonyl (C=O) groups excluding carboxylic acids is 1. The Hall–Kier alpha value is -3.09. The van der Waals surface area contributed by atoms with Crippen molar-refractivity contribution >= 4 is 11.9 Å². The van der Waals surface area contributed by atoms with Crippen LogP contribution in [0, 0.1) is 5.82 Å². The fraction of sp³-hybridized carbons (Fsp3) is 0.263. The van der Waals surface area contributed by atoms with Crippen molar-refractivity contribution in [1.29, 1.82) is 0 Å². The Morgan fingerprint density at radius 1 is 1.23 bits per heavy atom. The van der Waals surface area contributed by atoms with E-state index in [0.717, 1.165) is 5.56 Å². The molecule has 1 amide bonds. The van der Waals surface area contributed by atoms with E-state index >= 15 is 0 Å². The first-order valence-corrected chi connectivity index (χ1v) is 8.23. The number of ether oxygens (including phenoxy) is 1. The standard InChI is InChI=1S/C19H23FN4O2/c1-13(26-17-5-3-4-16(20)10-17)11-23-19(22-2)24-12-14-6-8-15(9-7-14)18(21)25/h3-10,13H,11-12H2,1-2H3,(H2,21,25)(H2,22,23,24). The van der Waals surface area contributed by atoms with Gasteiger partial charge in [0.15, 0.2) is 5.96 Å². The van der Waals surface area contributed by atoms with Crippen molar-refractivity contribution in [3.05, 3.63) is 65.5 Å². The Bertz CT molecular complexity index is 762. The Labute approximate surface area is 152 Å². The molecule has 0 heterocycles. The number of nitrogens with zero attached hydrogens (tertiary/aromatic N) is 1. The Morgan fingerprint density at radius 3 is 2.58 bits per heavy atom. The van der Waals surface area contributed by atoms with Crippen LogP contribution in [0.4, 0.5) is 4.39 Å². The Morgan fingerprint density at radius 2 is 1.96 bits per heavy atom. The lowest BCUT2D eigenvalue weighted by Crippen LogP contribution is -2.41. The molecule has 0 aliphatic heterocycles. The largest absolute Gasteiger partial charge is 0.489 e. The quantitative estimate of drug-likeness (QED) is 0.522. The molecule has 6 nitrogen and oxygen atoms in total. The fourth-order valence-electron chi connectivity index (χ4n) is 2.25. The van der Waals surface area contributed by atoms with Crippen LogP contribution in [0.15, 0.2) is 53.5 Å². The van der Waals surface area contributed by atoms with Gasteiger partial charge in [-0.05, 0) is 36.8 Å². The van der Waals surface area contributed by atoms with Crippen molar-refractivity contribution < 1.29 is 13.9 Å². The summed E-state index contributed by atoms with van der Waals surface area (Å²) in [5.74, 6) is 0.312. The maximum Gasteiger partial charge on any atom is 0.248 e. The van der Waals surface area contributed by atoms with Crippen molar-refractivity contribution in [3.63, 3.8) is 0 Å². The zero-order chi connectivity index (χ0) is 18.9. The van der Waals surface area contributed by atoms with E-state index in [-0.39, 0.29) is 11.9 Å². The average molecular weight is 358 g/mol. The normalized spacial score (nSPS) is 12.3. The van der Waals surface area contributed by atoms with Crippen LogP contribution < -0.4 is 21.1 Å². The zero-order valence-corrected chi connectivity index (χ0v) is 14.8. The number of rotatable bonds is 7. The number of guanidine groups is 1. The summed E-state index contributed by atoms with van der Waals surface area (Å²) in [6.07, 6.45) is -0.176. The molecule has 0 saturated heterocycles. The van der Waals surface area contributed by atoms with Crippen LogP contribution in [0.1, 0.15) is 22.8 Å². The number of amides is 1. The summed E-state index contributed by atoms with van der Waals surface area (Å²) in [5, 5.41) is 6.32. The number of hydrogen-bond acceptors (Lipinski definition) is 3. The van der Waals surface area contributed by atoms with E-state index in [9.17, 15) is 9.18 Å². The Kier molecular flexibility index (Phi) is 6.96. The van der Waals surface area contributed by atoms with E-state index in [0.29, 0.717) is 30.4 Å². The Balaban J connectivity index is 1.79. The lowest BCUT2D eigenvalue weighted by atomic mass is 10.1. The van der Waals surface area contributed by atoms with Gasteiger partial charge in [0.1, 0.15) is 17.7 Å². The van der Waals surface area contributed by atoms with Crippen LogP contribution in [0.2, 0.25) is 0 Å². The lowest BCUT2D eigenvalue weighted by molar-refractivity contribution is 0.100. The fourth-order valence-corrected chi connectivity index (χ4v) is 2.25. The number of carbonyl (C=O) groups is 1. The maximum absolute atomic E-state index is 13.2. The van der Waals surface area contributed by atoms with Gasteiger partial charge in [-0.1, -0.05) is 18.2 Å². The van der Waals surface area contributed by atoms with Crippen LogP contribution in [-0.2, 0) is 6.54 Å².